The van der Waals surface area contributed by atoms with Crippen molar-refractivity contribution in [3.63, 3.8) is 0 Å². The molecular formula is C19H21ClN4O. The summed E-state index contributed by atoms with van der Waals surface area (Å²) >= 11 is 6.14. The Morgan fingerprint density at radius 2 is 2.04 bits per heavy atom. The molecule has 1 fully saturated rings. The molecule has 1 amide bonds. The molecule has 6 heteroatoms. The van der Waals surface area contributed by atoms with Gasteiger partial charge in [0, 0.05) is 40.9 Å². The van der Waals surface area contributed by atoms with Crippen LogP contribution in [0.25, 0.3) is 11.4 Å². The molecule has 1 aromatic carbocycles. The summed E-state index contributed by atoms with van der Waals surface area (Å²) in [6.45, 7) is 0.643. The maximum Gasteiger partial charge on any atom is 0.220 e. The van der Waals surface area contributed by atoms with Crippen LogP contribution < -0.4 is 10.6 Å². The van der Waals surface area contributed by atoms with Crippen molar-refractivity contribution in [3.05, 3.63) is 40.5 Å². The number of aromatic nitrogens is 2. The molecule has 130 valence electrons. The van der Waals surface area contributed by atoms with Gasteiger partial charge < -0.3 is 10.6 Å². The first-order valence-electron chi connectivity index (χ1n) is 8.88. The number of halogens is 1. The number of aryl methyl sites for hydroxylation is 1. The Hall–Kier alpha value is -2.14. The van der Waals surface area contributed by atoms with Crippen molar-refractivity contribution >= 4 is 23.3 Å². The first-order valence-corrected chi connectivity index (χ1v) is 9.26. The Kier molecular flexibility index (Phi) is 4.57. The summed E-state index contributed by atoms with van der Waals surface area (Å²) in [5.41, 5.74) is 3.30. The number of anilines is 1. The Balaban J connectivity index is 1.69. The highest BCUT2D eigenvalue weighted by molar-refractivity contribution is 6.30. The third-order valence-electron chi connectivity index (χ3n) is 4.87. The van der Waals surface area contributed by atoms with Crippen molar-refractivity contribution in [1.29, 1.82) is 0 Å². The summed E-state index contributed by atoms with van der Waals surface area (Å²) in [5.74, 6) is 1.76. The molecule has 1 atom stereocenters. The Bertz CT molecular complexity index is 798. The summed E-state index contributed by atoms with van der Waals surface area (Å²) in [6.07, 6.45) is 5.72. The van der Waals surface area contributed by atoms with Crippen LogP contribution in [0.5, 0.6) is 0 Å². The zero-order chi connectivity index (χ0) is 17.2. The molecule has 2 aromatic rings. The second kappa shape index (κ2) is 7.00. The lowest BCUT2D eigenvalue weighted by Crippen LogP contribution is -2.42. The summed E-state index contributed by atoms with van der Waals surface area (Å²) in [5, 5.41) is 7.16. The van der Waals surface area contributed by atoms with E-state index < -0.39 is 0 Å². The summed E-state index contributed by atoms with van der Waals surface area (Å²) in [4.78, 5) is 21.0. The van der Waals surface area contributed by atoms with Crippen molar-refractivity contribution in [1.82, 2.24) is 15.3 Å². The molecule has 2 heterocycles. The minimum Gasteiger partial charge on any atom is -0.365 e. The van der Waals surface area contributed by atoms with Gasteiger partial charge in [-0.2, -0.15) is 0 Å². The van der Waals surface area contributed by atoms with Crippen LogP contribution in [0.15, 0.2) is 24.3 Å². The molecule has 1 unspecified atom stereocenters. The van der Waals surface area contributed by atoms with Crippen LogP contribution in [0, 0.1) is 0 Å². The summed E-state index contributed by atoms with van der Waals surface area (Å²) < 4.78 is 0. The van der Waals surface area contributed by atoms with Gasteiger partial charge in [-0.3, -0.25) is 4.79 Å². The first kappa shape index (κ1) is 16.3. The van der Waals surface area contributed by atoms with E-state index in [1.54, 1.807) is 0 Å². The molecule has 0 radical (unpaired) electrons. The molecule has 2 aliphatic rings. The smallest absolute Gasteiger partial charge is 0.220 e. The monoisotopic (exact) mass is 356 g/mol. The van der Waals surface area contributed by atoms with E-state index in [2.05, 4.69) is 10.6 Å². The first-order chi connectivity index (χ1) is 12.2. The topological polar surface area (TPSA) is 66.9 Å². The van der Waals surface area contributed by atoms with Gasteiger partial charge in [0.05, 0.1) is 0 Å². The largest absolute Gasteiger partial charge is 0.365 e. The maximum absolute atomic E-state index is 11.4. The van der Waals surface area contributed by atoms with Crippen molar-refractivity contribution in [2.75, 3.05) is 11.9 Å². The second-order valence-corrected chi connectivity index (χ2v) is 7.16. The zero-order valence-corrected chi connectivity index (χ0v) is 14.8. The highest BCUT2D eigenvalue weighted by Gasteiger charge is 2.23. The SMILES string of the molecule is O=C1CCC(Nc2nc(-c3cccc(Cl)c3)nc3c2CCCC3)CN1. The van der Waals surface area contributed by atoms with E-state index in [9.17, 15) is 4.79 Å². The average molecular weight is 357 g/mol. The standard InChI is InChI=1S/C19H21ClN4O/c20-13-5-3-4-12(10-13)18-23-16-7-2-1-6-15(16)19(24-18)22-14-8-9-17(25)21-11-14/h3-5,10,14H,1-2,6-9,11H2,(H,21,25)(H,22,23,24). The zero-order valence-electron chi connectivity index (χ0n) is 14.0. The predicted octanol–water partition coefficient (Wildman–Crippen LogP) is 3.37. The van der Waals surface area contributed by atoms with Crippen LogP contribution in [0.1, 0.15) is 36.9 Å². The quantitative estimate of drug-likeness (QED) is 0.884. The van der Waals surface area contributed by atoms with Crippen LogP contribution in [0.2, 0.25) is 5.02 Å². The number of nitrogens with zero attached hydrogens (tertiary/aromatic N) is 2. The van der Waals surface area contributed by atoms with E-state index in [4.69, 9.17) is 21.6 Å². The molecule has 2 N–H and O–H groups in total. The molecule has 0 spiro atoms. The van der Waals surface area contributed by atoms with Gasteiger partial charge in [0.15, 0.2) is 5.82 Å². The van der Waals surface area contributed by atoms with E-state index in [1.165, 1.54) is 12.0 Å². The second-order valence-electron chi connectivity index (χ2n) is 6.72. The number of carbonyl (C=O) groups excluding carboxylic acids is 1. The average Bonchev–Trinajstić information content (AvgIpc) is 2.63. The number of fused-ring (bicyclic) bond motifs is 1. The molecule has 0 bridgehead atoms. The van der Waals surface area contributed by atoms with E-state index in [1.807, 2.05) is 24.3 Å². The van der Waals surface area contributed by atoms with Crippen molar-refractivity contribution in [2.24, 2.45) is 0 Å². The van der Waals surface area contributed by atoms with Crippen LogP contribution in [-0.2, 0) is 17.6 Å². The molecule has 25 heavy (non-hydrogen) atoms. The minimum atomic E-state index is 0.127. The number of benzene rings is 1. The van der Waals surface area contributed by atoms with Crippen molar-refractivity contribution in [2.45, 2.75) is 44.6 Å². The van der Waals surface area contributed by atoms with Crippen LogP contribution in [0.4, 0.5) is 5.82 Å². The highest BCUT2D eigenvalue weighted by Crippen LogP contribution is 2.30. The van der Waals surface area contributed by atoms with Crippen molar-refractivity contribution < 1.29 is 4.79 Å². The molecule has 1 saturated heterocycles. The molecule has 1 aliphatic carbocycles. The van der Waals surface area contributed by atoms with Gasteiger partial charge in [0.2, 0.25) is 5.91 Å². The van der Waals surface area contributed by atoms with Gasteiger partial charge in [-0.25, -0.2) is 9.97 Å². The van der Waals surface area contributed by atoms with Crippen LogP contribution in [-0.4, -0.2) is 28.5 Å². The fraction of sp³-hybridized carbons (Fsp3) is 0.421. The fourth-order valence-corrected chi connectivity index (χ4v) is 3.71. The van der Waals surface area contributed by atoms with E-state index >= 15 is 0 Å². The van der Waals surface area contributed by atoms with Gasteiger partial charge in [-0.1, -0.05) is 23.7 Å². The number of hydrogen-bond donors (Lipinski definition) is 2. The van der Waals surface area contributed by atoms with E-state index in [0.29, 0.717) is 23.8 Å². The van der Waals surface area contributed by atoms with Gasteiger partial charge >= 0.3 is 0 Å². The van der Waals surface area contributed by atoms with Gasteiger partial charge in [-0.05, 0) is 44.2 Å². The highest BCUT2D eigenvalue weighted by atomic mass is 35.5. The molecular weight excluding hydrogens is 336 g/mol. The lowest BCUT2D eigenvalue weighted by Gasteiger charge is -2.27. The molecule has 0 saturated carbocycles. The van der Waals surface area contributed by atoms with Gasteiger partial charge in [0.25, 0.3) is 0 Å². The molecule has 5 nitrogen and oxygen atoms in total. The third kappa shape index (κ3) is 3.61. The number of piperidine rings is 1. The third-order valence-corrected chi connectivity index (χ3v) is 5.11. The summed E-state index contributed by atoms with van der Waals surface area (Å²) in [7, 11) is 0. The minimum absolute atomic E-state index is 0.127. The molecule has 4 rings (SSSR count). The number of nitrogens with one attached hydrogen (secondary N) is 2. The maximum atomic E-state index is 11.4. The number of carbonyl (C=O) groups is 1. The van der Waals surface area contributed by atoms with Gasteiger partial charge in [-0.15, -0.1) is 0 Å². The Labute approximate surface area is 152 Å². The predicted molar refractivity (Wildman–Crippen MR) is 98.8 cm³/mol. The molecule has 1 aromatic heterocycles. The van der Waals surface area contributed by atoms with Crippen LogP contribution >= 0.6 is 11.6 Å². The summed E-state index contributed by atoms with van der Waals surface area (Å²) in [6, 6.07) is 7.88. The fourth-order valence-electron chi connectivity index (χ4n) is 3.52. The van der Waals surface area contributed by atoms with Crippen molar-refractivity contribution in [3.8, 4) is 11.4 Å². The van der Waals surface area contributed by atoms with Crippen LogP contribution in [0.3, 0.4) is 0 Å². The number of amides is 1. The normalized spacial score (nSPS) is 19.9. The van der Waals surface area contributed by atoms with Gasteiger partial charge in [0.1, 0.15) is 5.82 Å². The molecule has 1 aliphatic heterocycles. The van der Waals surface area contributed by atoms with E-state index in [-0.39, 0.29) is 11.9 Å². The lowest BCUT2D eigenvalue weighted by atomic mass is 9.95. The Morgan fingerprint density at radius 3 is 2.84 bits per heavy atom. The number of rotatable bonds is 3. The lowest BCUT2D eigenvalue weighted by molar-refractivity contribution is -0.122. The number of hydrogen-bond acceptors (Lipinski definition) is 4. The Morgan fingerprint density at radius 1 is 1.16 bits per heavy atom. The van der Waals surface area contributed by atoms with E-state index in [0.717, 1.165) is 42.8 Å².